The minimum Gasteiger partial charge on any atom is -0.364 e. The zero-order chi connectivity index (χ0) is 14.0. The summed E-state index contributed by atoms with van der Waals surface area (Å²) in [6.07, 6.45) is 2.73. The maximum atomic E-state index is 12.4. The average Bonchev–Trinajstić information content (AvgIpc) is 3.05. The summed E-state index contributed by atoms with van der Waals surface area (Å²) in [5.74, 6) is -0.0483. The van der Waals surface area contributed by atoms with Gasteiger partial charge in [0.25, 0.3) is 5.91 Å². The highest BCUT2D eigenvalue weighted by Crippen LogP contribution is 2.25. The lowest BCUT2D eigenvalue weighted by Gasteiger charge is -2.28. The number of nitrogens with two attached hydrogens (primary N) is 1. The molecule has 20 heavy (non-hydrogen) atoms. The standard InChI is InChI=1S/C13H23N3O3.ClH/c1-15(2)12(17)10-4-3-7-16(10)13(18)11-6-5-9(8-14)19-11;/h9-11H,3-8,14H2,1-2H3;1H/t9-,10?,11+;/m1./s1. The Morgan fingerprint density at radius 1 is 1.30 bits per heavy atom. The van der Waals surface area contributed by atoms with Gasteiger partial charge in [-0.15, -0.1) is 12.4 Å². The normalized spacial score (nSPS) is 29.1. The van der Waals surface area contributed by atoms with Gasteiger partial charge in [0, 0.05) is 27.2 Å². The number of rotatable bonds is 3. The minimum atomic E-state index is -0.413. The maximum absolute atomic E-state index is 12.4. The van der Waals surface area contributed by atoms with E-state index in [0.29, 0.717) is 19.5 Å². The summed E-state index contributed by atoms with van der Waals surface area (Å²) in [7, 11) is 3.44. The fourth-order valence-corrected chi connectivity index (χ4v) is 2.83. The maximum Gasteiger partial charge on any atom is 0.252 e. The van der Waals surface area contributed by atoms with Gasteiger partial charge in [-0.3, -0.25) is 9.59 Å². The molecule has 0 bridgehead atoms. The highest BCUT2D eigenvalue weighted by Gasteiger charge is 2.40. The molecule has 2 aliphatic rings. The highest BCUT2D eigenvalue weighted by atomic mass is 35.5. The lowest BCUT2D eigenvalue weighted by Crippen LogP contribution is -2.48. The van der Waals surface area contributed by atoms with Crippen molar-refractivity contribution in [2.75, 3.05) is 27.2 Å². The van der Waals surface area contributed by atoms with Crippen LogP contribution in [0.3, 0.4) is 0 Å². The molecule has 116 valence electrons. The number of carbonyl (C=O) groups is 2. The summed E-state index contributed by atoms with van der Waals surface area (Å²) in [6.45, 7) is 1.10. The van der Waals surface area contributed by atoms with Gasteiger partial charge in [-0.1, -0.05) is 0 Å². The van der Waals surface area contributed by atoms with Crippen LogP contribution in [0.15, 0.2) is 0 Å². The Labute approximate surface area is 126 Å². The third kappa shape index (κ3) is 3.42. The number of likely N-dealkylation sites (N-methyl/N-ethyl adjacent to an activating group) is 1. The third-order valence-corrected chi connectivity index (χ3v) is 3.91. The summed E-state index contributed by atoms with van der Waals surface area (Å²) in [4.78, 5) is 27.7. The molecule has 2 N–H and O–H groups in total. The highest BCUT2D eigenvalue weighted by molar-refractivity contribution is 5.90. The van der Waals surface area contributed by atoms with Gasteiger partial charge in [-0.05, 0) is 25.7 Å². The van der Waals surface area contributed by atoms with E-state index in [4.69, 9.17) is 10.5 Å². The van der Waals surface area contributed by atoms with E-state index in [2.05, 4.69) is 0 Å². The second kappa shape index (κ2) is 7.24. The van der Waals surface area contributed by atoms with Crippen molar-refractivity contribution in [1.82, 2.24) is 9.80 Å². The lowest BCUT2D eigenvalue weighted by atomic mass is 10.1. The number of ether oxygens (including phenoxy) is 1. The van der Waals surface area contributed by atoms with Crippen molar-refractivity contribution in [3.05, 3.63) is 0 Å². The fraction of sp³-hybridized carbons (Fsp3) is 0.846. The second-order valence-electron chi connectivity index (χ2n) is 5.48. The van der Waals surface area contributed by atoms with Gasteiger partial charge in [0.2, 0.25) is 5.91 Å². The molecule has 0 aromatic carbocycles. The molecule has 0 aromatic heterocycles. The first-order valence-corrected chi connectivity index (χ1v) is 6.91. The molecular weight excluding hydrogens is 282 g/mol. The molecule has 2 rings (SSSR count). The van der Waals surface area contributed by atoms with Crippen LogP contribution in [-0.4, -0.2) is 67.0 Å². The van der Waals surface area contributed by atoms with E-state index in [1.165, 1.54) is 0 Å². The average molecular weight is 306 g/mol. The molecule has 2 saturated heterocycles. The van der Waals surface area contributed by atoms with Gasteiger partial charge in [0.15, 0.2) is 0 Å². The predicted molar refractivity (Wildman–Crippen MR) is 77.6 cm³/mol. The lowest BCUT2D eigenvalue weighted by molar-refractivity contribution is -0.149. The second-order valence-corrected chi connectivity index (χ2v) is 5.48. The van der Waals surface area contributed by atoms with Crippen molar-refractivity contribution in [2.45, 2.75) is 43.9 Å². The van der Waals surface area contributed by atoms with Crippen molar-refractivity contribution in [3.8, 4) is 0 Å². The Bertz CT molecular complexity index is 365. The quantitative estimate of drug-likeness (QED) is 0.796. The zero-order valence-electron chi connectivity index (χ0n) is 12.1. The Kier molecular flexibility index (Phi) is 6.23. The molecule has 2 amide bonds. The summed E-state index contributed by atoms with van der Waals surface area (Å²) in [6, 6.07) is -0.317. The topological polar surface area (TPSA) is 75.9 Å². The van der Waals surface area contributed by atoms with E-state index in [1.54, 1.807) is 23.9 Å². The molecule has 0 aromatic rings. The van der Waals surface area contributed by atoms with E-state index < -0.39 is 6.10 Å². The molecule has 2 aliphatic heterocycles. The molecule has 0 saturated carbocycles. The molecule has 0 radical (unpaired) electrons. The number of likely N-dealkylation sites (tertiary alicyclic amines) is 1. The fourth-order valence-electron chi connectivity index (χ4n) is 2.83. The van der Waals surface area contributed by atoms with Crippen LogP contribution in [0.2, 0.25) is 0 Å². The van der Waals surface area contributed by atoms with Crippen LogP contribution < -0.4 is 5.73 Å². The third-order valence-electron chi connectivity index (χ3n) is 3.91. The van der Waals surface area contributed by atoms with E-state index in [9.17, 15) is 9.59 Å². The van der Waals surface area contributed by atoms with Crippen LogP contribution in [0.1, 0.15) is 25.7 Å². The largest absolute Gasteiger partial charge is 0.364 e. The first kappa shape index (κ1) is 17.2. The molecule has 2 heterocycles. The smallest absolute Gasteiger partial charge is 0.252 e. The number of hydrogen-bond acceptors (Lipinski definition) is 4. The van der Waals surface area contributed by atoms with Crippen molar-refractivity contribution in [3.63, 3.8) is 0 Å². The Balaban J connectivity index is 0.00000200. The Morgan fingerprint density at radius 2 is 2.00 bits per heavy atom. The minimum absolute atomic E-state index is 0. The van der Waals surface area contributed by atoms with E-state index in [-0.39, 0.29) is 36.4 Å². The van der Waals surface area contributed by atoms with Gasteiger partial charge in [0.05, 0.1) is 6.10 Å². The van der Waals surface area contributed by atoms with Crippen LogP contribution in [0, 0.1) is 0 Å². The number of amides is 2. The Morgan fingerprint density at radius 3 is 2.55 bits per heavy atom. The first-order chi connectivity index (χ1) is 9.04. The Hall–Kier alpha value is -0.850. The predicted octanol–water partition coefficient (Wildman–Crippen LogP) is -0.00630. The zero-order valence-corrected chi connectivity index (χ0v) is 12.9. The molecule has 7 heteroatoms. The number of nitrogens with zero attached hydrogens (tertiary/aromatic N) is 2. The SMILES string of the molecule is CN(C)C(=O)C1CCCN1C(=O)[C@@H]1CC[C@H](CN)O1.Cl. The molecular formula is C13H24ClN3O3. The van der Waals surface area contributed by atoms with Gasteiger partial charge < -0.3 is 20.3 Å². The molecule has 1 unspecified atom stereocenters. The summed E-state index contributed by atoms with van der Waals surface area (Å²) < 4.78 is 5.63. The first-order valence-electron chi connectivity index (χ1n) is 6.91. The molecule has 3 atom stereocenters. The monoisotopic (exact) mass is 305 g/mol. The van der Waals surface area contributed by atoms with Gasteiger partial charge in [0.1, 0.15) is 12.1 Å². The number of halogens is 1. The summed E-state index contributed by atoms with van der Waals surface area (Å²) >= 11 is 0. The van der Waals surface area contributed by atoms with Crippen molar-refractivity contribution in [1.29, 1.82) is 0 Å². The van der Waals surface area contributed by atoms with Crippen molar-refractivity contribution < 1.29 is 14.3 Å². The molecule has 6 nitrogen and oxygen atoms in total. The summed E-state index contributed by atoms with van der Waals surface area (Å²) in [5.41, 5.74) is 5.55. The van der Waals surface area contributed by atoms with E-state index in [0.717, 1.165) is 19.3 Å². The van der Waals surface area contributed by atoms with Gasteiger partial charge >= 0.3 is 0 Å². The van der Waals surface area contributed by atoms with Crippen LogP contribution in [-0.2, 0) is 14.3 Å². The van der Waals surface area contributed by atoms with Crippen LogP contribution >= 0.6 is 12.4 Å². The number of hydrogen-bond donors (Lipinski definition) is 1. The molecule has 2 fully saturated rings. The van der Waals surface area contributed by atoms with Crippen LogP contribution in [0.25, 0.3) is 0 Å². The van der Waals surface area contributed by atoms with Crippen LogP contribution in [0.5, 0.6) is 0 Å². The van der Waals surface area contributed by atoms with Crippen molar-refractivity contribution >= 4 is 24.2 Å². The van der Waals surface area contributed by atoms with Crippen molar-refractivity contribution in [2.24, 2.45) is 5.73 Å². The molecule has 0 spiro atoms. The summed E-state index contributed by atoms with van der Waals surface area (Å²) in [5, 5.41) is 0. The van der Waals surface area contributed by atoms with E-state index in [1.807, 2.05) is 0 Å². The van der Waals surface area contributed by atoms with E-state index >= 15 is 0 Å². The van der Waals surface area contributed by atoms with Gasteiger partial charge in [-0.2, -0.15) is 0 Å². The number of carbonyl (C=O) groups excluding carboxylic acids is 2. The van der Waals surface area contributed by atoms with Crippen LogP contribution in [0.4, 0.5) is 0 Å². The van der Waals surface area contributed by atoms with Gasteiger partial charge in [-0.25, -0.2) is 0 Å². The molecule has 0 aliphatic carbocycles.